The van der Waals surface area contributed by atoms with Gasteiger partial charge in [-0.2, -0.15) is 5.10 Å². The van der Waals surface area contributed by atoms with E-state index in [2.05, 4.69) is 15.3 Å². The average Bonchev–Trinajstić information content (AvgIpc) is 3.30. The number of amides is 1. The standard InChI is InChI=1S/C18H20Cl2N4O2/c19-15-4-3-12(8-16(15)20)24-7-5-17(22-24)18(25)21-9-14-10-23-6-1-2-13(23)11-26-14/h3-5,7-8,13-14H,1-2,6,9-11H2,(H,21,25). The van der Waals surface area contributed by atoms with Crippen LogP contribution >= 0.6 is 23.2 Å². The summed E-state index contributed by atoms with van der Waals surface area (Å²) in [4.78, 5) is 14.8. The fraction of sp³-hybridized carbons (Fsp3) is 0.444. The van der Waals surface area contributed by atoms with Gasteiger partial charge in [-0.15, -0.1) is 0 Å². The largest absolute Gasteiger partial charge is 0.373 e. The molecule has 1 N–H and O–H groups in total. The SMILES string of the molecule is O=C(NCC1CN2CCCC2CO1)c1ccn(-c2ccc(Cl)c(Cl)c2)n1. The van der Waals surface area contributed by atoms with Crippen molar-refractivity contribution in [2.45, 2.75) is 25.0 Å². The molecule has 0 saturated carbocycles. The van der Waals surface area contributed by atoms with Gasteiger partial charge in [-0.25, -0.2) is 4.68 Å². The number of ether oxygens (including phenoxy) is 1. The molecule has 2 aromatic rings. The summed E-state index contributed by atoms with van der Waals surface area (Å²) >= 11 is 12.0. The molecule has 26 heavy (non-hydrogen) atoms. The molecule has 2 aliphatic heterocycles. The predicted molar refractivity (Wildman–Crippen MR) is 100 cm³/mol. The Labute approximate surface area is 162 Å². The van der Waals surface area contributed by atoms with Crippen LogP contribution in [0.4, 0.5) is 0 Å². The molecule has 138 valence electrons. The number of nitrogens with zero attached hydrogens (tertiary/aromatic N) is 3. The van der Waals surface area contributed by atoms with E-state index in [0.717, 1.165) is 25.4 Å². The Morgan fingerprint density at radius 2 is 2.19 bits per heavy atom. The fourth-order valence-corrected chi connectivity index (χ4v) is 3.81. The van der Waals surface area contributed by atoms with E-state index >= 15 is 0 Å². The predicted octanol–water partition coefficient (Wildman–Crippen LogP) is 2.77. The van der Waals surface area contributed by atoms with Crippen LogP contribution in [-0.2, 0) is 4.74 Å². The average molecular weight is 395 g/mol. The lowest BCUT2D eigenvalue weighted by atomic mass is 10.2. The van der Waals surface area contributed by atoms with Gasteiger partial charge >= 0.3 is 0 Å². The van der Waals surface area contributed by atoms with Crippen molar-refractivity contribution in [2.24, 2.45) is 0 Å². The quantitative estimate of drug-likeness (QED) is 0.865. The third kappa shape index (κ3) is 3.74. The number of carbonyl (C=O) groups excluding carboxylic acids is 1. The van der Waals surface area contributed by atoms with Gasteiger partial charge in [0.05, 0.1) is 28.4 Å². The summed E-state index contributed by atoms with van der Waals surface area (Å²) in [5.74, 6) is -0.212. The zero-order chi connectivity index (χ0) is 18.1. The second-order valence-corrected chi connectivity index (χ2v) is 7.51. The minimum Gasteiger partial charge on any atom is -0.373 e. The van der Waals surface area contributed by atoms with Crippen molar-refractivity contribution in [2.75, 3.05) is 26.2 Å². The molecule has 0 spiro atoms. The molecule has 8 heteroatoms. The van der Waals surface area contributed by atoms with Crippen LogP contribution in [-0.4, -0.2) is 59.0 Å². The number of fused-ring (bicyclic) bond motifs is 1. The van der Waals surface area contributed by atoms with Crippen molar-refractivity contribution in [3.05, 3.63) is 46.2 Å². The maximum absolute atomic E-state index is 12.4. The van der Waals surface area contributed by atoms with Crippen molar-refractivity contribution in [3.8, 4) is 5.69 Å². The summed E-state index contributed by atoms with van der Waals surface area (Å²) in [5.41, 5.74) is 1.10. The van der Waals surface area contributed by atoms with Crippen LogP contribution in [0.1, 0.15) is 23.3 Å². The number of morpholine rings is 1. The molecule has 2 fully saturated rings. The number of hydrogen-bond donors (Lipinski definition) is 1. The summed E-state index contributed by atoms with van der Waals surface area (Å²) in [6, 6.07) is 7.44. The summed E-state index contributed by atoms with van der Waals surface area (Å²) in [6.07, 6.45) is 4.20. The summed E-state index contributed by atoms with van der Waals surface area (Å²) in [7, 11) is 0. The van der Waals surface area contributed by atoms with Gasteiger partial charge in [0, 0.05) is 25.3 Å². The number of carbonyl (C=O) groups is 1. The number of rotatable bonds is 4. The van der Waals surface area contributed by atoms with Gasteiger partial charge in [0.15, 0.2) is 5.69 Å². The Kier molecular flexibility index (Phi) is 5.18. The van der Waals surface area contributed by atoms with Gasteiger partial charge in [0.25, 0.3) is 5.91 Å². The highest BCUT2D eigenvalue weighted by Crippen LogP contribution is 2.24. The van der Waals surface area contributed by atoms with E-state index in [0.29, 0.717) is 28.3 Å². The van der Waals surface area contributed by atoms with E-state index < -0.39 is 0 Å². The lowest BCUT2D eigenvalue weighted by Crippen LogP contribution is -2.50. The van der Waals surface area contributed by atoms with Gasteiger partial charge < -0.3 is 10.1 Å². The van der Waals surface area contributed by atoms with Crippen molar-refractivity contribution >= 4 is 29.1 Å². The molecule has 1 aromatic heterocycles. The van der Waals surface area contributed by atoms with Gasteiger partial charge in [-0.3, -0.25) is 9.69 Å². The molecular weight excluding hydrogens is 375 g/mol. The minimum atomic E-state index is -0.212. The van der Waals surface area contributed by atoms with E-state index in [-0.39, 0.29) is 12.0 Å². The number of hydrogen-bond acceptors (Lipinski definition) is 4. The van der Waals surface area contributed by atoms with Crippen LogP contribution in [0.3, 0.4) is 0 Å². The molecule has 2 aliphatic rings. The Balaban J connectivity index is 1.35. The maximum Gasteiger partial charge on any atom is 0.271 e. The third-order valence-corrected chi connectivity index (χ3v) is 5.68. The number of benzene rings is 1. The van der Waals surface area contributed by atoms with Crippen molar-refractivity contribution in [1.82, 2.24) is 20.0 Å². The molecule has 0 aliphatic carbocycles. The molecule has 2 saturated heterocycles. The minimum absolute atomic E-state index is 0.0328. The normalized spacial score (nSPS) is 23.0. The topological polar surface area (TPSA) is 59.4 Å². The molecule has 2 unspecified atom stereocenters. The second-order valence-electron chi connectivity index (χ2n) is 6.70. The van der Waals surface area contributed by atoms with Gasteiger partial charge in [0.1, 0.15) is 0 Å². The van der Waals surface area contributed by atoms with Crippen LogP contribution < -0.4 is 5.32 Å². The summed E-state index contributed by atoms with van der Waals surface area (Å²) in [5, 5.41) is 8.16. The molecule has 1 amide bonds. The molecule has 3 heterocycles. The first-order chi connectivity index (χ1) is 12.6. The monoisotopic (exact) mass is 394 g/mol. The first-order valence-electron chi connectivity index (χ1n) is 8.75. The molecule has 6 nitrogen and oxygen atoms in total. The number of aromatic nitrogens is 2. The lowest BCUT2D eigenvalue weighted by molar-refractivity contribution is -0.0462. The number of halogens is 2. The molecule has 2 atom stereocenters. The molecule has 1 aromatic carbocycles. The first kappa shape index (κ1) is 17.8. The Morgan fingerprint density at radius 1 is 1.31 bits per heavy atom. The van der Waals surface area contributed by atoms with Gasteiger partial charge in [0.2, 0.25) is 0 Å². The molecular formula is C18H20Cl2N4O2. The smallest absolute Gasteiger partial charge is 0.271 e. The second kappa shape index (κ2) is 7.56. The van der Waals surface area contributed by atoms with E-state index in [1.807, 2.05) is 0 Å². The highest BCUT2D eigenvalue weighted by molar-refractivity contribution is 6.42. The van der Waals surface area contributed by atoms with Gasteiger partial charge in [-0.05, 0) is 43.7 Å². The van der Waals surface area contributed by atoms with Gasteiger partial charge in [-0.1, -0.05) is 23.2 Å². The van der Waals surface area contributed by atoms with Crippen LogP contribution in [0.15, 0.2) is 30.5 Å². The van der Waals surface area contributed by atoms with Crippen molar-refractivity contribution in [3.63, 3.8) is 0 Å². The first-order valence-corrected chi connectivity index (χ1v) is 9.51. The van der Waals surface area contributed by atoms with Crippen LogP contribution in [0, 0.1) is 0 Å². The highest BCUT2D eigenvalue weighted by atomic mass is 35.5. The molecule has 0 bridgehead atoms. The Morgan fingerprint density at radius 3 is 3.04 bits per heavy atom. The maximum atomic E-state index is 12.4. The molecule has 0 radical (unpaired) electrons. The number of nitrogens with one attached hydrogen (secondary N) is 1. The van der Waals surface area contributed by atoms with E-state index in [1.54, 1.807) is 35.1 Å². The fourth-order valence-electron chi connectivity index (χ4n) is 3.52. The summed E-state index contributed by atoms with van der Waals surface area (Å²) in [6.45, 7) is 3.25. The van der Waals surface area contributed by atoms with Crippen molar-refractivity contribution < 1.29 is 9.53 Å². The van der Waals surface area contributed by atoms with Crippen LogP contribution in [0.25, 0.3) is 5.69 Å². The van der Waals surface area contributed by atoms with Crippen LogP contribution in [0.5, 0.6) is 0 Å². The lowest BCUT2D eigenvalue weighted by Gasteiger charge is -2.35. The Hall–Kier alpha value is -1.60. The van der Waals surface area contributed by atoms with Crippen LogP contribution in [0.2, 0.25) is 10.0 Å². The van der Waals surface area contributed by atoms with E-state index in [1.165, 1.54) is 12.8 Å². The third-order valence-electron chi connectivity index (χ3n) is 4.94. The highest BCUT2D eigenvalue weighted by Gasteiger charge is 2.32. The zero-order valence-corrected chi connectivity index (χ0v) is 15.7. The molecule has 4 rings (SSSR count). The Bertz CT molecular complexity index is 810. The van der Waals surface area contributed by atoms with E-state index in [4.69, 9.17) is 27.9 Å². The summed E-state index contributed by atoms with van der Waals surface area (Å²) < 4.78 is 7.47. The van der Waals surface area contributed by atoms with E-state index in [9.17, 15) is 4.79 Å². The van der Waals surface area contributed by atoms with Crippen molar-refractivity contribution in [1.29, 1.82) is 0 Å². The zero-order valence-electron chi connectivity index (χ0n) is 14.2.